The summed E-state index contributed by atoms with van der Waals surface area (Å²) in [5.41, 5.74) is 2.61. The monoisotopic (exact) mass is 397 g/mol. The van der Waals surface area contributed by atoms with Crippen molar-refractivity contribution in [3.8, 4) is 11.5 Å². The molecule has 0 unspecified atom stereocenters. The van der Waals surface area contributed by atoms with Crippen LogP contribution in [0.1, 0.15) is 37.7 Å². The summed E-state index contributed by atoms with van der Waals surface area (Å²) < 4.78 is 13.2. The van der Waals surface area contributed by atoms with Gasteiger partial charge >= 0.3 is 0 Å². The van der Waals surface area contributed by atoms with E-state index in [0.717, 1.165) is 28.2 Å². The zero-order chi connectivity index (χ0) is 20.1. The maximum atomic E-state index is 5.90. The Balaban J connectivity index is 1.58. The van der Waals surface area contributed by atoms with Crippen molar-refractivity contribution in [2.45, 2.75) is 43.7 Å². The average molecular weight is 398 g/mol. The highest BCUT2D eigenvalue weighted by Crippen LogP contribution is 2.26. The van der Waals surface area contributed by atoms with Crippen LogP contribution < -0.4 is 9.47 Å². The van der Waals surface area contributed by atoms with Crippen molar-refractivity contribution in [3.63, 3.8) is 0 Å². The molecule has 0 aliphatic carbocycles. The number of hydrogen-bond donors (Lipinski definition) is 0. The first-order chi connectivity index (χ1) is 13.4. The Bertz CT molecular complexity index is 914. The lowest BCUT2D eigenvalue weighted by atomic mass is 9.87. The SMILES string of the molecule is COc1cccc(CSc2nnc(COc3ccc(C(C)(C)C)cc3)n2C)c1. The highest BCUT2D eigenvalue weighted by molar-refractivity contribution is 7.98. The zero-order valence-corrected chi connectivity index (χ0v) is 17.9. The van der Waals surface area contributed by atoms with E-state index in [1.807, 2.05) is 41.9 Å². The minimum atomic E-state index is 0.136. The molecule has 0 amide bonds. The fraction of sp³-hybridized carbons (Fsp3) is 0.364. The second-order valence-corrected chi connectivity index (χ2v) is 8.60. The van der Waals surface area contributed by atoms with Gasteiger partial charge in [0.25, 0.3) is 0 Å². The van der Waals surface area contributed by atoms with Gasteiger partial charge in [0.05, 0.1) is 7.11 Å². The van der Waals surface area contributed by atoms with Crippen molar-refractivity contribution >= 4 is 11.8 Å². The molecule has 0 saturated heterocycles. The first kappa shape index (κ1) is 20.3. The predicted octanol–water partition coefficient (Wildman–Crippen LogP) is 4.99. The lowest BCUT2D eigenvalue weighted by Gasteiger charge is -2.19. The van der Waals surface area contributed by atoms with Gasteiger partial charge in [-0.05, 0) is 40.8 Å². The molecule has 0 spiro atoms. The van der Waals surface area contributed by atoms with E-state index >= 15 is 0 Å². The first-order valence-electron chi connectivity index (χ1n) is 9.24. The van der Waals surface area contributed by atoms with Crippen molar-refractivity contribution in [1.82, 2.24) is 14.8 Å². The Morgan fingerprint density at radius 3 is 2.43 bits per heavy atom. The number of aromatic nitrogens is 3. The van der Waals surface area contributed by atoms with E-state index in [2.05, 4.69) is 49.2 Å². The topological polar surface area (TPSA) is 49.2 Å². The third kappa shape index (κ3) is 5.07. The predicted molar refractivity (Wildman–Crippen MR) is 113 cm³/mol. The van der Waals surface area contributed by atoms with Crippen LogP contribution in [0.5, 0.6) is 11.5 Å². The Morgan fingerprint density at radius 1 is 1.00 bits per heavy atom. The number of nitrogens with zero attached hydrogens (tertiary/aromatic N) is 3. The molecule has 28 heavy (non-hydrogen) atoms. The zero-order valence-electron chi connectivity index (χ0n) is 17.1. The van der Waals surface area contributed by atoms with Gasteiger partial charge in [-0.2, -0.15) is 0 Å². The number of hydrogen-bond acceptors (Lipinski definition) is 5. The number of thioether (sulfide) groups is 1. The Labute approximate surface area is 171 Å². The largest absolute Gasteiger partial charge is 0.497 e. The van der Waals surface area contributed by atoms with Gasteiger partial charge in [-0.1, -0.05) is 56.8 Å². The molecule has 0 aliphatic rings. The van der Waals surface area contributed by atoms with Gasteiger partial charge in [0.15, 0.2) is 11.0 Å². The summed E-state index contributed by atoms with van der Waals surface area (Å²) >= 11 is 1.64. The van der Waals surface area contributed by atoms with Crippen LogP contribution in [0.25, 0.3) is 0 Å². The summed E-state index contributed by atoms with van der Waals surface area (Å²) in [7, 11) is 3.65. The van der Waals surface area contributed by atoms with Crippen molar-refractivity contribution in [2.24, 2.45) is 7.05 Å². The van der Waals surface area contributed by atoms with Gasteiger partial charge < -0.3 is 14.0 Å². The lowest BCUT2D eigenvalue weighted by Crippen LogP contribution is -2.10. The molecule has 2 aromatic carbocycles. The summed E-state index contributed by atoms with van der Waals surface area (Å²) in [5.74, 6) is 3.30. The molecule has 1 heterocycles. The molecule has 0 fully saturated rings. The molecule has 3 rings (SSSR count). The van der Waals surface area contributed by atoms with Crippen molar-refractivity contribution < 1.29 is 9.47 Å². The smallest absolute Gasteiger partial charge is 0.191 e. The van der Waals surface area contributed by atoms with E-state index in [4.69, 9.17) is 9.47 Å². The van der Waals surface area contributed by atoms with Gasteiger partial charge in [0.1, 0.15) is 18.1 Å². The van der Waals surface area contributed by atoms with Crippen LogP contribution in [0.4, 0.5) is 0 Å². The maximum absolute atomic E-state index is 5.90. The molecule has 0 aliphatic heterocycles. The van der Waals surface area contributed by atoms with Crippen molar-refractivity contribution in [2.75, 3.05) is 7.11 Å². The third-order valence-corrected chi connectivity index (χ3v) is 5.61. The van der Waals surface area contributed by atoms with Gasteiger partial charge in [0.2, 0.25) is 0 Å². The van der Waals surface area contributed by atoms with Gasteiger partial charge in [-0.15, -0.1) is 10.2 Å². The highest BCUT2D eigenvalue weighted by Gasteiger charge is 2.14. The van der Waals surface area contributed by atoms with Gasteiger partial charge in [0, 0.05) is 12.8 Å². The Hall–Kier alpha value is -2.47. The highest BCUT2D eigenvalue weighted by atomic mass is 32.2. The molecule has 6 heteroatoms. The van der Waals surface area contributed by atoms with Crippen molar-refractivity contribution in [3.05, 3.63) is 65.5 Å². The van der Waals surface area contributed by atoms with Crippen molar-refractivity contribution in [1.29, 1.82) is 0 Å². The summed E-state index contributed by atoms with van der Waals surface area (Å²) in [6.45, 7) is 6.99. The second-order valence-electron chi connectivity index (χ2n) is 7.66. The second kappa shape index (κ2) is 8.69. The third-order valence-electron chi connectivity index (χ3n) is 4.52. The van der Waals surface area contributed by atoms with Crippen LogP contribution in [0.3, 0.4) is 0 Å². The number of methoxy groups -OCH3 is 1. The van der Waals surface area contributed by atoms with E-state index in [1.165, 1.54) is 11.1 Å². The Morgan fingerprint density at radius 2 is 1.75 bits per heavy atom. The average Bonchev–Trinajstić information content (AvgIpc) is 3.04. The van der Waals surface area contributed by atoms with E-state index in [-0.39, 0.29) is 5.41 Å². The molecule has 0 atom stereocenters. The van der Waals surface area contributed by atoms with E-state index in [9.17, 15) is 0 Å². The van der Waals surface area contributed by atoms with Crippen LogP contribution in [0.2, 0.25) is 0 Å². The molecule has 0 bridgehead atoms. The number of rotatable bonds is 7. The van der Waals surface area contributed by atoms with Crippen LogP contribution in [-0.2, 0) is 24.8 Å². The van der Waals surface area contributed by atoms with Gasteiger partial charge in [-0.25, -0.2) is 0 Å². The van der Waals surface area contributed by atoms with Crippen LogP contribution in [-0.4, -0.2) is 21.9 Å². The standard InChI is InChI=1S/C22H27N3O2S/c1-22(2,3)17-9-11-18(12-10-17)27-14-20-23-24-21(25(20)4)28-15-16-7-6-8-19(13-16)26-5/h6-13H,14-15H2,1-5H3. The molecular weight excluding hydrogens is 370 g/mol. The molecule has 148 valence electrons. The molecule has 1 aromatic heterocycles. The number of benzene rings is 2. The van der Waals surface area contributed by atoms with Crippen LogP contribution in [0.15, 0.2) is 53.7 Å². The summed E-state index contributed by atoms with van der Waals surface area (Å²) in [4.78, 5) is 0. The fourth-order valence-electron chi connectivity index (χ4n) is 2.71. The number of ether oxygens (including phenoxy) is 2. The normalized spacial score (nSPS) is 11.5. The summed E-state index contributed by atoms with van der Waals surface area (Å²) in [6.07, 6.45) is 0. The lowest BCUT2D eigenvalue weighted by molar-refractivity contribution is 0.290. The minimum Gasteiger partial charge on any atom is -0.497 e. The van der Waals surface area contributed by atoms with Crippen LogP contribution in [0, 0.1) is 0 Å². The maximum Gasteiger partial charge on any atom is 0.191 e. The molecule has 5 nitrogen and oxygen atoms in total. The Kier molecular flexibility index (Phi) is 6.29. The van der Waals surface area contributed by atoms with Gasteiger partial charge in [-0.3, -0.25) is 0 Å². The van der Waals surface area contributed by atoms with E-state index in [0.29, 0.717) is 6.61 Å². The quantitative estimate of drug-likeness (QED) is 0.526. The van der Waals surface area contributed by atoms with E-state index < -0.39 is 0 Å². The molecule has 0 N–H and O–H groups in total. The molecule has 0 saturated carbocycles. The fourth-order valence-corrected chi connectivity index (χ4v) is 3.58. The molecular formula is C22H27N3O2S. The van der Waals surface area contributed by atoms with E-state index in [1.54, 1.807) is 18.9 Å². The first-order valence-corrected chi connectivity index (χ1v) is 10.2. The molecule has 0 radical (unpaired) electrons. The molecule has 3 aromatic rings. The minimum absolute atomic E-state index is 0.136. The van der Waals surface area contributed by atoms with Crippen LogP contribution >= 0.6 is 11.8 Å². The summed E-state index contributed by atoms with van der Waals surface area (Å²) in [6, 6.07) is 16.3. The summed E-state index contributed by atoms with van der Waals surface area (Å²) in [5, 5.41) is 9.44.